The van der Waals surface area contributed by atoms with Crippen molar-refractivity contribution in [3.8, 4) is 0 Å². The molecule has 9 heteroatoms. The molecule has 3 aromatic heterocycles. The van der Waals surface area contributed by atoms with Crippen LogP contribution in [0.1, 0.15) is 17.0 Å². The van der Waals surface area contributed by atoms with Gasteiger partial charge < -0.3 is 14.2 Å². The highest BCUT2D eigenvalue weighted by Gasteiger charge is 2.20. The minimum Gasteiger partial charge on any atom is -0.408 e. The molecule has 0 radical (unpaired) electrons. The van der Waals surface area contributed by atoms with Gasteiger partial charge in [-0.2, -0.15) is 0 Å². The molecule has 0 bridgehead atoms. The van der Waals surface area contributed by atoms with Crippen LogP contribution in [-0.4, -0.2) is 38.3 Å². The zero-order valence-corrected chi connectivity index (χ0v) is 21.4. The summed E-state index contributed by atoms with van der Waals surface area (Å²) in [5, 5.41) is 0. The van der Waals surface area contributed by atoms with E-state index in [0.717, 1.165) is 17.1 Å². The summed E-state index contributed by atoms with van der Waals surface area (Å²) in [5.74, 6) is -1.03. The van der Waals surface area contributed by atoms with Crippen LogP contribution in [0.3, 0.4) is 0 Å². The highest BCUT2D eigenvalue weighted by Crippen LogP contribution is 2.19. The maximum absolute atomic E-state index is 13.5. The van der Waals surface area contributed by atoms with Gasteiger partial charge in [-0.25, -0.2) is 4.79 Å². The number of carbonyl (C=O) groups is 2. The topological polar surface area (TPSA) is 102 Å². The van der Waals surface area contributed by atoms with Gasteiger partial charge in [-0.1, -0.05) is 36.4 Å². The van der Waals surface area contributed by atoms with Crippen LogP contribution in [0, 0.1) is 0 Å². The third-order valence-corrected chi connectivity index (χ3v) is 6.41. The van der Waals surface area contributed by atoms with Gasteiger partial charge in [-0.15, -0.1) is 0 Å². The third-order valence-electron chi connectivity index (χ3n) is 6.41. The number of rotatable bonds is 9. The van der Waals surface area contributed by atoms with Crippen molar-refractivity contribution in [1.82, 2.24) is 19.4 Å². The zero-order valence-electron chi connectivity index (χ0n) is 21.4. The van der Waals surface area contributed by atoms with Crippen molar-refractivity contribution in [2.45, 2.75) is 26.1 Å². The minimum absolute atomic E-state index is 0.0901. The third kappa shape index (κ3) is 6.10. The van der Waals surface area contributed by atoms with Crippen LogP contribution in [-0.2, 0) is 35.6 Å². The quantitative estimate of drug-likeness (QED) is 0.292. The number of benzene rings is 2. The largest absolute Gasteiger partial charge is 0.420 e. The minimum atomic E-state index is -0.629. The normalized spacial score (nSPS) is 10.9. The van der Waals surface area contributed by atoms with Crippen molar-refractivity contribution < 1.29 is 14.0 Å². The van der Waals surface area contributed by atoms with Gasteiger partial charge in [0.2, 0.25) is 11.8 Å². The van der Waals surface area contributed by atoms with Gasteiger partial charge >= 0.3 is 5.76 Å². The van der Waals surface area contributed by atoms with E-state index in [9.17, 15) is 14.4 Å². The molecule has 0 saturated carbocycles. The Balaban J connectivity index is 1.37. The Hall–Kier alpha value is -5.05. The standard InChI is InChI=1S/C30H27N5O4/c1-33(25-11-3-2-4-12-25)29(37)21-35-26-17-22(13-14-27(26)39-30(35)38)18-28(36)34(19-23-9-5-7-15-31-23)20-24-10-6-8-16-32-24/h2-17H,18-21H2,1H3. The molecule has 0 aliphatic heterocycles. The Morgan fingerprint density at radius 3 is 2.08 bits per heavy atom. The average molecular weight is 522 g/mol. The summed E-state index contributed by atoms with van der Waals surface area (Å²) in [5.41, 5.74) is 3.75. The maximum Gasteiger partial charge on any atom is 0.420 e. The van der Waals surface area contributed by atoms with Gasteiger partial charge in [0.15, 0.2) is 5.58 Å². The highest BCUT2D eigenvalue weighted by atomic mass is 16.4. The Morgan fingerprint density at radius 2 is 1.46 bits per heavy atom. The summed E-state index contributed by atoms with van der Waals surface area (Å²) < 4.78 is 6.67. The van der Waals surface area contributed by atoms with Gasteiger partial charge in [0.05, 0.1) is 36.4 Å². The monoisotopic (exact) mass is 521 g/mol. The molecular weight excluding hydrogens is 494 g/mol. The van der Waals surface area contributed by atoms with Crippen LogP contribution in [0.15, 0.2) is 107 Å². The van der Waals surface area contributed by atoms with Crippen molar-refractivity contribution in [1.29, 1.82) is 0 Å². The van der Waals surface area contributed by atoms with Crippen LogP contribution in [0.2, 0.25) is 0 Å². The molecule has 0 fully saturated rings. The lowest BCUT2D eigenvalue weighted by Crippen LogP contribution is -2.32. The molecule has 0 N–H and O–H groups in total. The second kappa shape index (κ2) is 11.6. The lowest BCUT2D eigenvalue weighted by Gasteiger charge is -2.22. The molecule has 0 atom stereocenters. The number of nitrogens with zero attached hydrogens (tertiary/aromatic N) is 5. The number of pyridine rings is 2. The number of aromatic nitrogens is 3. The summed E-state index contributed by atoms with van der Waals surface area (Å²) >= 11 is 0. The first-order chi connectivity index (χ1) is 19.0. The molecule has 2 amide bonds. The molecule has 9 nitrogen and oxygen atoms in total. The maximum atomic E-state index is 13.5. The Kier molecular flexibility index (Phi) is 7.58. The number of carbonyl (C=O) groups excluding carboxylic acids is 2. The van der Waals surface area contributed by atoms with Crippen molar-refractivity contribution >= 4 is 28.6 Å². The van der Waals surface area contributed by atoms with Crippen LogP contribution < -0.4 is 10.7 Å². The predicted molar refractivity (Wildman–Crippen MR) is 147 cm³/mol. The highest BCUT2D eigenvalue weighted by molar-refractivity contribution is 5.93. The number of fused-ring (bicyclic) bond motifs is 1. The molecular formula is C30H27N5O4. The van der Waals surface area contributed by atoms with E-state index in [4.69, 9.17) is 4.42 Å². The van der Waals surface area contributed by atoms with E-state index in [-0.39, 0.29) is 24.8 Å². The molecule has 3 heterocycles. The summed E-state index contributed by atoms with van der Waals surface area (Å²) in [6.45, 7) is 0.463. The number of oxazole rings is 1. The Labute approximate surface area is 225 Å². The van der Waals surface area contributed by atoms with Gasteiger partial charge in [-0.05, 0) is 54.1 Å². The number of amides is 2. The first-order valence-electron chi connectivity index (χ1n) is 12.5. The van der Waals surface area contributed by atoms with E-state index in [0.29, 0.717) is 29.8 Å². The summed E-state index contributed by atoms with van der Waals surface area (Å²) in [6, 6.07) is 25.5. The van der Waals surface area contributed by atoms with Crippen LogP contribution in [0.4, 0.5) is 5.69 Å². The van der Waals surface area contributed by atoms with Crippen LogP contribution in [0.25, 0.3) is 11.1 Å². The molecule has 5 aromatic rings. The zero-order chi connectivity index (χ0) is 27.2. The first-order valence-corrected chi connectivity index (χ1v) is 12.5. The van der Waals surface area contributed by atoms with E-state index < -0.39 is 5.76 Å². The van der Waals surface area contributed by atoms with Gasteiger partial charge in [0, 0.05) is 25.1 Å². The molecule has 0 unspecified atom stereocenters. The van der Waals surface area contributed by atoms with Crippen molar-refractivity contribution in [3.63, 3.8) is 0 Å². The molecule has 0 saturated heterocycles. The summed E-state index contributed by atoms with van der Waals surface area (Å²) in [4.78, 5) is 51.0. The molecule has 0 aliphatic carbocycles. The van der Waals surface area contributed by atoms with E-state index in [2.05, 4.69) is 9.97 Å². The molecule has 0 spiro atoms. The van der Waals surface area contributed by atoms with E-state index in [1.54, 1.807) is 42.5 Å². The average Bonchev–Trinajstić information content (AvgIpc) is 3.27. The lowest BCUT2D eigenvalue weighted by molar-refractivity contribution is -0.131. The smallest absolute Gasteiger partial charge is 0.408 e. The SMILES string of the molecule is CN(C(=O)Cn1c(=O)oc2ccc(CC(=O)N(Cc3ccccn3)Cc3ccccn3)cc21)c1ccccc1. The summed E-state index contributed by atoms with van der Waals surface area (Å²) in [6.07, 6.45) is 3.48. The van der Waals surface area contributed by atoms with Crippen molar-refractivity contribution in [2.75, 3.05) is 11.9 Å². The number of hydrogen-bond donors (Lipinski definition) is 0. The fourth-order valence-electron chi connectivity index (χ4n) is 4.30. The second-order valence-corrected chi connectivity index (χ2v) is 9.11. The van der Waals surface area contributed by atoms with Crippen molar-refractivity contribution in [2.24, 2.45) is 0 Å². The van der Waals surface area contributed by atoms with Crippen molar-refractivity contribution in [3.05, 3.63) is 125 Å². The fourth-order valence-corrected chi connectivity index (χ4v) is 4.30. The molecule has 196 valence electrons. The lowest BCUT2D eigenvalue weighted by atomic mass is 10.1. The van der Waals surface area contributed by atoms with Gasteiger partial charge in [0.1, 0.15) is 6.54 Å². The number of hydrogen-bond acceptors (Lipinski definition) is 6. The Bertz CT molecular complexity index is 1590. The Morgan fingerprint density at radius 1 is 0.821 bits per heavy atom. The molecule has 0 aliphatic rings. The van der Waals surface area contributed by atoms with E-state index >= 15 is 0 Å². The predicted octanol–water partition coefficient (Wildman–Crippen LogP) is 3.82. The second-order valence-electron chi connectivity index (χ2n) is 9.11. The van der Waals surface area contributed by atoms with E-state index in [1.165, 1.54) is 9.47 Å². The van der Waals surface area contributed by atoms with E-state index in [1.807, 2.05) is 66.7 Å². The molecule has 5 rings (SSSR count). The number of likely N-dealkylation sites (N-methyl/N-ethyl adjacent to an activating group) is 1. The molecule has 2 aromatic carbocycles. The first kappa shape index (κ1) is 25.6. The van der Waals surface area contributed by atoms with Crippen LogP contribution >= 0.6 is 0 Å². The summed E-state index contributed by atoms with van der Waals surface area (Å²) in [7, 11) is 1.66. The molecule has 39 heavy (non-hydrogen) atoms. The van der Waals surface area contributed by atoms with Gasteiger partial charge in [-0.3, -0.25) is 24.1 Å². The fraction of sp³-hybridized carbons (Fsp3) is 0.167. The van der Waals surface area contributed by atoms with Crippen LogP contribution in [0.5, 0.6) is 0 Å². The number of para-hydroxylation sites is 1. The number of anilines is 1. The van der Waals surface area contributed by atoms with Gasteiger partial charge in [0.25, 0.3) is 0 Å².